The van der Waals surface area contributed by atoms with Crippen LogP contribution in [-0.4, -0.2) is 33.6 Å². The molecule has 2 aromatic rings. The van der Waals surface area contributed by atoms with Crippen LogP contribution < -0.4 is 5.32 Å². The predicted molar refractivity (Wildman–Crippen MR) is 81.0 cm³/mol. The van der Waals surface area contributed by atoms with Gasteiger partial charge in [0.25, 0.3) is 0 Å². The van der Waals surface area contributed by atoms with Crippen molar-refractivity contribution in [1.82, 2.24) is 14.9 Å². The second-order valence-electron chi connectivity index (χ2n) is 4.16. The molecule has 5 heteroatoms. The van der Waals surface area contributed by atoms with E-state index in [1.807, 2.05) is 48.5 Å². The van der Waals surface area contributed by atoms with Crippen molar-refractivity contribution in [2.75, 3.05) is 18.9 Å². The van der Waals surface area contributed by atoms with Gasteiger partial charge in [-0.3, -0.25) is 9.97 Å². The number of hydrogen-bond donors (Lipinski definition) is 1. The molecule has 2 heterocycles. The van der Waals surface area contributed by atoms with Crippen molar-refractivity contribution in [2.45, 2.75) is 6.42 Å². The Morgan fingerprint density at radius 2 is 2.16 bits per heavy atom. The summed E-state index contributed by atoms with van der Waals surface area (Å²) in [7, 11) is 1.97. The highest BCUT2D eigenvalue weighted by atomic mass is 32.1. The Morgan fingerprint density at radius 1 is 1.26 bits per heavy atom. The highest BCUT2D eigenvalue weighted by molar-refractivity contribution is 7.80. The fourth-order valence-corrected chi connectivity index (χ4v) is 1.79. The highest BCUT2D eigenvalue weighted by Gasteiger charge is 2.05. The molecule has 0 aromatic carbocycles. The van der Waals surface area contributed by atoms with Crippen molar-refractivity contribution < 1.29 is 0 Å². The molecule has 0 atom stereocenters. The van der Waals surface area contributed by atoms with Crippen molar-refractivity contribution in [3.63, 3.8) is 0 Å². The fraction of sp³-hybridized carbons (Fsp3) is 0.214. The van der Waals surface area contributed by atoms with Crippen LogP contribution in [-0.2, 0) is 6.42 Å². The van der Waals surface area contributed by atoms with E-state index in [0.29, 0.717) is 5.11 Å². The summed E-state index contributed by atoms with van der Waals surface area (Å²) in [4.78, 5) is 10.3. The van der Waals surface area contributed by atoms with Crippen LogP contribution >= 0.6 is 12.2 Å². The summed E-state index contributed by atoms with van der Waals surface area (Å²) in [5, 5.41) is 3.84. The second-order valence-corrected chi connectivity index (χ2v) is 4.55. The van der Waals surface area contributed by atoms with E-state index in [1.165, 1.54) is 0 Å². The molecule has 0 spiro atoms. The monoisotopic (exact) mass is 272 g/mol. The van der Waals surface area contributed by atoms with Crippen LogP contribution in [0, 0.1) is 0 Å². The van der Waals surface area contributed by atoms with Gasteiger partial charge in [-0.1, -0.05) is 6.07 Å². The Bertz CT molecular complexity index is 515. The topological polar surface area (TPSA) is 41.1 Å². The summed E-state index contributed by atoms with van der Waals surface area (Å²) in [6.45, 7) is 0.823. The molecule has 0 fully saturated rings. The molecule has 0 bridgehead atoms. The second kappa shape index (κ2) is 6.80. The van der Waals surface area contributed by atoms with E-state index in [1.54, 1.807) is 12.4 Å². The minimum absolute atomic E-state index is 0.684. The SMILES string of the molecule is CN(CCc1ccccn1)C(=S)Nc1cccnc1. The van der Waals surface area contributed by atoms with Crippen LogP contribution in [0.4, 0.5) is 5.69 Å². The molecule has 0 aliphatic carbocycles. The maximum absolute atomic E-state index is 5.34. The minimum atomic E-state index is 0.684. The lowest BCUT2D eigenvalue weighted by molar-refractivity contribution is 0.512. The average Bonchev–Trinajstić information content (AvgIpc) is 2.47. The van der Waals surface area contributed by atoms with E-state index in [-0.39, 0.29) is 0 Å². The van der Waals surface area contributed by atoms with Gasteiger partial charge in [0.15, 0.2) is 5.11 Å². The number of hydrogen-bond acceptors (Lipinski definition) is 3. The van der Waals surface area contributed by atoms with Gasteiger partial charge in [-0.2, -0.15) is 0 Å². The molecule has 0 aliphatic heterocycles. The molecule has 0 saturated heterocycles. The normalized spacial score (nSPS) is 9.95. The maximum atomic E-state index is 5.34. The van der Waals surface area contributed by atoms with Crippen LogP contribution in [0.3, 0.4) is 0 Å². The molecule has 0 aliphatic rings. The van der Waals surface area contributed by atoms with E-state index < -0.39 is 0 Å². The van der Waals surface area contributed by atoms with Crippen LogP contribution in [0.5, 0.6) is 0 Å². The zero-order valence-corrected chi connectivity index (χ0v) is 11.6. The van der Waals surface area contributed by atoms with Crippen LogP contribution in [0.25, 0.3) is 0 Å². The molecule has 2 rings (SSSR count). The van der Waals surface area contributed by atoms with E-state index in [2.05, 4.69) is 15.3 Å². The molecule has 4 nitrogen and oxygen atoms in total. The average molecular weight is 272 g/mol. The van der Waals surface area contributed by atoms with Gasteiger partial charge in [0.1, 0.15) is 0 Å². The lowest BCUT2D eigenvalue weighted by Crippen LogP contribution is -2.32. The van der Waals surface area contributed by atoms with Gasteiger partial charge in [0, 0.05) is 38.1 Å². The van der Waals surface area contributed by atoms with Gasteiger partial charge in [-0.25, -0.2) is 0 Å². The fourth-order valence-electron chi connectivity index (χ4n) is 1.59. The Balaban J connectivity index is 1.83. The van der Waals surface area contributed by atoms with E-state index in [0.717, 1.165) is 24.3 Å². The number of nitrogens with zero attached hydrogens (tertiary/aromatic N) is 3. The van der Waals surface area contributed by atoms with Gasteiger partial charge in [-0.15, -0.1) is 0 Å². The number of pyridine rings is 2. The number of nitrogens with one attached hydrogen (secondary N) is 1. The molecule has 19 heavy (non-hydrogen) atoms. The molecular formula is C14H16N4S. The van der Waals surface area contributed by atoms with E-state index in [9.17, 15) is 0 Å². The van der Waals surface area contributed by atoms with Crippen molar-refractivity contribution in [3.8, 4) is 0 Å². The van der Waals surface area contributed by atoms with E-state index >= 15 is 0 Å². The van der Waals surface area contributed by atoms with E-state index in [4.69, 9.17) is 12.2 Å². The molecule has 98 valence electrons. The molecule has 0 saturated carbocycles. The molecule has 0 amide bonds. The predicted octanol–water partition coefficient (Wildman–Crippen LogP) is 2.35. The number of anilines is 1. The Kier molecular flexibility index (Phi) is 4.80. The Morgan fingerprint density at radius 3 is 2.84 bits per heavy atom. The standard InChI is InChI=1S/C14H16N4S/c1-18(10-7-12-5-2-3-9-16-12)14(19)17-13-6-4-8-15-11-13/h2-6,8-9,11H,7,10H2,1H3,(H,17,19). The zero-order chi connectivity index (χ0) is 13.5. The van der Waals surface area contributed by atoms with Crippen molar-refractivity contribution >= 4 is 23.0 Å². The van der Waals surface area contributed by atoms with Gasteiger partial charge >= 0.3 is 0 Å². The third-order valence-electron chi connectivity index (χ3n) is 2.69. The quantitative estimate of drug-likeness (QED) is 0.865. The number of thiocarbonyl (C=S) groups is 1. The molecule has 2 aromatic heterocycles. The summed E-state index contributed by atoms with van der Waals surface area (Å²) in [5.74, 6) is 0. The van der Waals surface area contributed by atoms with Crippen molar-refractivity contribution in [1.29, 1.82) is 0 Å². The van der Waals surface area contributed by atoms with Crippen LogP contribution in [0.1, 0.15) is 5.69 Å². The highest BCUT2D eigenvalue weighted by Crippen LogP contribution is 2.05. The summed E-state index contributed by atoms with van der Waals surface area (Å²) >= 11 is 5.34. The van der Waals surface area contributed by atoms with Gasteiger partial charge in [-0.05, 0) is 36.5 Å². The van der Waals surface area contributed by atoms with Gasteiger partial charge < -0.3 is 10.2 Å². The molecule has 1 N–H and O–H groups in total. The first-order valence-electron chi connectivity index (χ1n) is 6.08. The van der Waals surface area contributed by atoms with Gasteiger partial charge in [0.05, 0.1) is 11.9 Å². The Labute approximate surface area is 118 Å². The summed E-state index contributed by atoms with van der Waals surface area (Å²) < 4.78 is 0. The number of aromatic nitrogens is 2. The zero-order valence-electron chi connectivity index (χ0n) is 10.8. The smallest absolute Gasteiger partial charge is 0.173 e. The third kappa shape index (κ3) is 4.30. The van der Waals surface area contributed by atoms with Crippen molar-refractivity contribution in [3.05, 3.63) is 54.6 Å². The minimum Gasteiger partial charge on any atom is -0.352 e. The first-order valence-corrected chi connectivity index (χ1v) is 6.48. The molecule has 0 unspecified atom stereocenters. The maximum Gasteiger partial charge on any atom is 0.173 e. The molecular weight excluding hydrogens is 256 g/mol. The summed E-state index contributed by atoms with van der Waals surface area (Å²) in [6, 6.07) is 9.74. The van der Waals surface area contributed by atoms with Crippen LogP contribution in [0.15, 0.2) is 48.9 Å². The van der Waals surface area contributed by atoms with Crippen molar-refractivity contribution in [2.24, 2.45) is 0 Å². The van der Waals surface area contributed by atoms with Crippen LogP contribution in [0.2, 0.25) is 0 Å². The lowest BCUT2D eigenvalue weighted by atomic mass is 10.2. The summed E-state index contributed by atoms with van der Waals surface area (Å²) in [5.41, 5.74) is 1.97. The molecule has 0 radical (unpaired) electrons. The van der Waals surface area contributed by atoms with Gasteiger partial charge in [0.2, 0.25) is 0 Å². The summed E-state index contributed by atoms with van der Waals surface area (Å²) in [6.07, 6.45) is 6.16. The largest absolute Gasteiger partial charge is 0.352 e. The third-order valence-corrected chi connectivity index (χ3v) is 3.10. The number of likely N-dealkylation sites (N-methyl/N-ethyl adjacent to an activating group) is 1. The first-order chi connectivity index (χ1) is 9.25. The Hall–Kier alpha value is -2.01. The first kappa shape index (κ1) is 13.4. The number of rotatable bonds is 4. The lowest BCUT2D eigenvalue weighted by Gasteiger charge is -2.20.